The lowest BCUT2D eigenvalue weighted by atomic mass is 10.2. The standard InChI is InChI=1S/C19H22N4S/c1-3-8-23-14-19(16(2)21-23)13-22(12-18-6-9-24-15-18)11-17-5-4-7-20-10-17/h3-7,9-10,14-15H,1,8,11-13H2,2H3. The van der Waals surface area contributed by atoms with E-state index in [2.05, 4.69) is 57.6 Å². The predicted octanol–water partition coefficient (Wildman–Crippen LogP) is 4.04. The summed E-state index contributed by atoms with van der Waals surface area (Å²) < 4.78 is 1.95. The Balaban J connectivity index is 1.77. The highest BCUT2D eigenvalue weighted by Gasteiger charge is 2.12. The summed E-state index contributed by atoms with van der Waals surface area (Å²) in [4.78, 5) is 6.67. The van der Waals surface area contributed by atoms with E-state index in [1.54, 1.807) is 11.3 Å². The molecule has 0 aliphatic rings. The van der Waals surface area contributed by atoms with Crippen LogP contribution in [0.15, 0.2) is 60.2 Å². The number of hydrogen-bond donors (Lipinski definition) is 0. The second-order valence-corrected chi connectivity index (χ2v) is 6.67. The Kier molecular flexibility index (Phi) is 5.56. The summed E-state index contributed by atoms with van der Waals surface area (Å²) in [5.74, 6) is 0. The summed E-state index contributed by atoms with van der Waals surface area (Å²) in [5.41, 5.74) is 4.92. The van der Waals surface area contributed by atoms with Crippen molar-refractivity contribution in [1.29, 1.82) is 0 Å². The van der Waals surface area contributed by atoms with Crippen LogP contribution < -0.4 is 0 Å². The molecule has 0 saturated heterocycles. The first-order valence-corrected chi connectivity index (χ1v) is 8.95. The van der Waals surface area contributed by atoms with Gasteiger partial charge in [-0.15, -0.1) is 6.58 Å². The largest absolute Gasteiger partial charge is 0.290 e. The number of aryl methyl sites for hydroxylation is 1. The molecular formula is C19H22N4S. The van der Waals surface area contributed by atoms with E-state index in [4.69, 9.17) is 0 Å². The van der Waals surface area contributed by atoms with Gasteiger partial charge in [0, 0.05) is 43.8 Å². The van der Waals surface area contributed by atoms with Gasteiger partial charge in [0.05, 0.1) is 12.2 Å². The molecule has 0 aliphatic carbocycles. The molecule has 124 valence electrons. The quantitative estimate of drug-likeness (QED) is 0.581. The van der Waals surface area contributed by atoms with Crippen molar-refractivity contribution in [3.63, 3.8) is 0 Å². The third-order valence-electron chi connectivity index (χ3n) is 3.87. The molecular weight excluding hydrogens is 316 g/mol. The lowest BCUT2D eigenvalue weighted by Crippen LogP contribution is -2.22. The van der Waals surface area contributed by atoms with Gasteiger partial charge in [0.25, 0.3) is 0 Å². The fourth-order valence-electron chi connectivity index (χ4n) is 2.74. The molecule has 0 unspecified atom stereocenters. The first-order valence-electron chi connectivity index (χ1n) is 8.01. The summed E-state index contributed by atoms with van der Waals surface area (Å²) in [6.07, 6.45) is 7.75. The van der Waals surface area contributed by atoms with E-state index in [-0.39, 0.29) is 0 Å². The third kappa shape index (κ3) is 4.40. The van der Waals surface area contributed by atoms with Gasteiger partial charge in [-0.05, 0) is 40.9 Å². The van der Waals surface area contributed by atoms with E-state index >= 15 is 0 Å². The number of rotatable bonds is 8. The fraction of sp³-hybridized carbons (Fsp3) is 0.263. The van der Waals surface area contributed by atoms with Gasteiger partial charge in [-0.1, -0.05) is 12.1 Å². The second kappa shape index (κ2) is 8.04. The van der Waals surface area contributed by atoms with Gasteiger partial charge in [-0.3, -0.25) is 14.6 Å². The minimum Gasteiger partial charge on any atom is -0.290 e. The zero-order valence-electron chi connectivity index (χ0n) is 13.9. The monoisotopic (exact) mass is 338 g/mol. The summed E-state index contributed by atoms with van der Waals surface area (Å²) >= 11 is 1.74. The number of aromatic nitrogens is 3. The van der Waals surface area contributed by atoms with Crippen LogP contribution in [0.5, 0.6) is 0 Å². The third-order valence-corrected chi connectivity index (χ3v) is 4.61. The average molecular weight is 338 g/mol. The highest BCUT2D eigenvalue weighted by Crippen LogP contribution is 2.17. The van der Waals surface area contributed by atoms with Crippen LogP contribution in [0.2, 0.25) is 0 Å². The first kappa shape index (κ1) is 16.6. The minimum atomic E-state index is 0.744. The van der Waals surface area contributed by atoms with Gasteiger partial charge in [0.1, 0.15) is 0 Å². The maximum Gasteiger partial charge on any atom is 0.0638 e. The zero-order chi connectivity index (χ0) is 16.8. The fourth-order valence-corrected chi connectivity index (χ4v) is 3.40. The van der Waals surface area contributed by atoms with Crippen molar-refractivity contribution in [2.24, 2.45) is 0 Å². The maximum atomic E-state index is 4.57. The minimum absolute atomic E-state index is 0.744. The summed E-state index contributed by atoms with van der Waals surface area (Å²) in [6, 6.07) is 6.31. The first-order chi connectivity index (χ1) is 11.7. The predicted molar refractivity (Wildman–Crippen MR) is 98.7 cm³/mol. The van der Waals surface area contributed by atoms with Crippen molar-refractivity contribution < 1.29 is 0 Å². The Morgan fingerprint density at radius 2 is 2.12 bits per heavy atom. The number of hydrogen-bond acceptors (Lipinski definition) is 4. The molecule has 0 N–H and O–H groups in total. The molecule has 4 nitrogen and oxygen atoms in total. The Bertz CT molecular complexity index is 762. The van der Waals surface area contributed by atoms with Gasteiger partial charge >= 0.3 is 0 Å². The van der Waals surface area contributed by atoms with Crippen molar-refractivity contribution in [2.75, 3.05) is 0 Å². The summed E-state index contributed by atoms with van der Waals surface area (Å²) in [7, 11) is 0. The highest BCUT2D eigenvalue weighted by atomic mass is 32.1. The molecule has 5 heteroatoms. The van der Waals surface area contributed by atoms with E-state index in [9.17, 15) is 0 Å². The van der Waals surface area contributed by atoms with Crippen molar-refractivity contribution in [2.45, 2.75) is 33.1 Å². The molecule has 24 heavy (non-hydrogen) atoms. The molecule has 0 atom stereocenters. The zero-order valence-corrected chi connectivity index (χ0v) is 14.7. The van der Waals surface area contributed by atoms with Crippen LogP contribution in [0.25, 0.3) is 0 Å². The summed E-state index contributed by atoms with van der Waals surface area (Å²) in [5, 5.41) is 8.91. The number of pyridine rings is 1. The molecule has 0 bridgehead atoms. The van der Waals surface area contributed by atoms with Crippen molar-refractivity contribution >= 4 is 11.3 Å². The van der Waals surface area contributed by atoms with Crippen LogP contribution in [0.3, 0.4) is 0 Å². The highest BCUT2D eigenvalue weighted by molar-refractivity contribution is 7.07. The van der Waals surface area contributed by atoms with Crippen LogP contribution in [0.1, 0.15) is 22.4 Å². The van der Waals surface area contributed by atoms with E-state index in [0.29, 0.717) is 0 Å². The van der Waals surface area contributed by atoms with E-state index < -0.39 is 0 Å². The van der Waals surface area contributed by atoms with Crippen LogP contribution in [-0.2, 0) is 26.2 Å². The molecule has 0 saturated carbocycles. The molecule has 0 spiro atoms. The van der Waals surface area contributed by atoms with Gasteiger partial charge < -0.3 is 0 Å². The van der Waals surface area contributed by atoms with Crippen LogP contribution in [0, 0.1) is 6.92 Å². The van der Waals surface area contributed by atoms with Gasteiger partial charge in [-0.2, -0.15) is 16.4 Å². The van der Waals surface area contributed by atoms with Gasteiger partial charge in [0.2, 0.25) is 0 Å². The lowest BCUT2D eigenvalue weighted by Gasteiger charge is -2.21. The van der Waals surface area contributed by atoms with Crippen molar-refractivity contribution in [3.05, 3.63) is 82.6 Å². The van der Waals surface area contributed by atoms with Crippen LogP contribution in [-0.4, -0.2) is 19.7 Å². The Hall–Kier alpha value is -2.24. The van der Waals surface area contributed by atoms with Crippen molar-refractivity contribution in [3.8, 4) is 0 Å². The van der Waals surface area contributed by atoms with Crippen LogP contribution >= 0.6 is 11.3 Å². The van der Waals surface area contributed by atoms with E-state index in [1.165, 1.54) is 16.7 Å². The van der Waals surface area contributed by atoms with Crippen molar-refractivity contribution in [1.82, 2.24) is 19.7 Å². The maximum absolute atomic E-state index is 4.57. The molecule has 0 radical (unpaired) electrons. The number of allylic oxidation sites excluding steroid dienone is 1. The average Bonchev–Trinajstić information content (AvgIpc) is 3.19. The smallest absolute Gasteiger partial charge is 0.0638 e. The normalized spacial score (nSPS) is 11.1. The molecule has 3 aromatic heterocycles. The molecule has 0 fully saturated rings. The Morgan fingerprint density at radius 1 is 1.25 bits per heavy atom. The second-order valence-electron chi connectivity index (χ2n) is 5.89. The molecule has 3 aromatic rings. The lowest BCUT2D eigenvalue weighted by molar-refractivity contribution is 0.247. The Morgan fingerprint density at radius 3 is 2.83 bits per heavy atom. The van der Waals surface area contributed by atoms with E-state index in [1.807, 2.05) is 29.2 Å². The summed E-state index contributed by atoms with van der Waals surface area (Å²) in [6.45, 7) is 9.26. The molecule has 0 aliphatic heterocycles. The number of nitrogens with zero attached hydrogens (tertiary/aromatic N) is 4. The molecule has 0 amide bonds. The molecule has 3 rings (SSSR count). The Labute approximate surface area is 147 Å². The molecule has 0 aromatic carbocycles. The van der Waals surface area contributed by atoms with Gasteiger partial charge in [-0.25, -0.2) is 0 Å². The number of thiophene rings is 1. The topological polar surface area (TPSA) is 34.0 Å². The SMILES string of the molecule is C=CCn1cc(CN(Cc2cccnc2)Cc2ccsc2)c(C)n1. The van der Waals surface area contributed by atoms with E-state index in [0.717, 1.165) is 31.9 Å². The molecule has 3 heterocycles. The van der Waals surface area contributed by atoms with Crippen LogP contribution in [0.4, 0.5) is 0 Å². The van der Waals surface area contributed by atoms with Gasteiger partial charge in [0.15, 0.2) is 0 Å².